The molecular weight excluding hydrogens is 522 g/mol. The molecule has 42 heavy (non-hydrogen) atoms. The van der Waals surface area contributed by atoms with Crippen LogP contribution in [-0.4, -0.2) is 29.4 Å². The molecule has 6 rings (SSSR count). The lowest BCUT2D eigenvalue weighted by molar-refractivity contribution is 0.260. The first kappa shape index (κ1) is 27.2. The summed E-state index contributed by atoms with van der Waals surface area (Å²) in [7, 11) is 3.30. The van der Waals surface area contributed by atoms with Crippen LogP contribution < -0.4 is 9.47 Å². The predicted molar refractivity (Wildman–Crippen MR) is 168 cm³/mol. The number of fused-ring (bicyclic) bond motifs is 1. The van der Waals surface area contributed by atoms with E-state index in [9.17, 15) is 10.2 Å². The molecule has 0 radical (unpaired) electrons. The number of hydrogen-bond donors (Lipinski definition) is 2. The normalized spacial score (nSPS) is 11.0. The molecule has 0 aliphatic carbocycles. The van der Waals surface area contributed by atoms with Gasteiger partial charge in [-0.25, -0.2) is 0 Å². The van der Waals surface area contributed by atoms with Gasteiger partial charge in [-0.15, -0.1) is 0 Å². The topological polar surface area (TPSA) is 71.8 Å². The molecule has 0 saturated heterocycles. The van der Waals surface area contributed by atoms with Gasteiger partial charge in [0.15, 0.2) is 11.5 Å². The highest BCUT2D eigenvalue weighted by Gasteiger charge is 2.18. The number of rotatable bonds is 8. The molecule has 0 aliphatic heterocycles. The Balaban J connectivity index is 1.56. The molecule has 0 spiro atoms. The van der Waals surface area contributed by atoms with Gasteiger partial charge in [0.2, 0.25) is 0 Å². The fourth-order valence-corrected chi connectivity index (χ4v) is 5.44. The van der Waals surface area contributed by atoms with E-state index in [1.165, 1.54) is 0 Å². The summed E-state index contributed by atoms with van der Waals surface area (Å²) in [4.78, 5) is 4.68. The molecule has 0 bridgehead atoms. The molecule has 1 heterocycles. The van der Waals surface area contributed by atoms with Gasteiger partial charge in [0.05, 0.1) is 33.0 Å². The summed E-state index contributed by atoms with van der Waals surface area (Å²) in [6, 6.07) is 37.1. The monoisotopic (exact) mass is 553 g/mol. The van der Waals surface area contributed by atoms with Crippen molar-refractivity contribution < 1.29 is 19.7 Å². The second-order valence-corrected chi connectivity index (χ2v) is 10.1. The molecule has 0 amide bonds. The molecule has 5 heteroatoms. The van der Waals surface area contributed by atoms with Gasteiger partial charge in [-0.2, -0.15) is 0 Å². The van der Waals surface area contributed by atoms with Crippen molar-refractivity contribution in [3.8, 4) is 56.0 Å². The summed E-state index contributed by atoms with van der Waals surface area (Å²) in [6.45, 7) is -0.306. The smallest absolute Gasteiger partial charge is 0.168 e. The molecule has 6 aromatic rings. The zero-order valence-corrected chi connectivity index (χ0v) is 23.5. The molecule has 0 saturated carbocycles. The van der Waals surface area contributed by atoms with Gasteiger partial charge in [-0.05, 0) is 93.0 Å². The summed E-state index contributed by atoms with van der Waals surface area (Å²) in [5.41, 5.74) is 10.3. The van der Waals surface area contributed by atoms with E-state index >= 15 is 0 Å². The lowest BCUT2D eigenvalue weighted by Crippen LogP contribution is -1.97. The molecule has 5 nitrogen and oxygen atoms in total. The van der Waals surface area contributed by atoms with Crippen molar-refractivity contribution in [1.29, 1.82) is 0 Å². The van der Waals surface area contributed by atoms with E-state index in [4.69, 9.17) is 9.47 Å². The largest absolute Gasteiger partial charge is 0.493 e. The molecule has 0 fully saturated rings. The van der Waals surface area contributed by atoms with Crippen LogP contribution in [0.3, 0.4) is 0 Å². The summed E-state index contributed by atoms with van der Waals surface area (Å²) in [5, 5.41) is 20.4. The highest BCUT2D eigenvalue weighted by atomic mass is 16.5. The fraction of sp³-hybridized carbons (Fsp3) is 0.108. The van der Waals surface area contributed by atoms with E-state index in [2.05, 4.69) is 53.5 Å². The molecule has 0 aliphatic rings. The highest BCUT2D eigenvalue weighted by molar-refractivity contribution is 5.89. The first-order valence-corrected chi connectivity index (χ1v) is 13.8. The standard InChI is InChI=1S/C37H31NO4/c1-41-36-20-28(31-16-30-17-32(22-39)33(23-40)19-35(30)38-21-31)18-34(37(36)42-2)29-14-26(24-9-5-3-6-10-24)13-27(15-29)25-11-7-4-8-12-25/h3-21,39-40H,22-23H2,1-2H3. The SMILES string of the molecule is COc1cc(-c2cnc3cc(CO)c(CO)cc3c2)cc(-c2cc(-c3ccccc3)cc(-c3ccccc3)c2)c1OC. The minimum atomic E-state index is -0.155. The van der Waals surface area contributed by atoms with Gasteiger partial charge in [-0.3, -0.25) is 4.98 Å². The molecule has 0 unspecified atom stereocenters. The zero-order chi connectivity index (χ0) is 29.1. The van der Waals surface area contributed by atoms with Crippen molar-refractivity contribution >= 4 is 10.9 Å². The van der Waals surface area contributed by atoms with Crippen LogP contribution in [0.15, 0.2) is 115 Å². The average molecular weight is 554 g/mol. The van der Waals surface area contributed by atoms with Crippen LogP contribution in [0, 0.1) is 0 Å². The lowest BCUT2D eigenvalue weighted by atomic mass is 9.91. The Morgan fingerprint density at radius 3 is 1.69 bits per heavy atom. The molecule has 2 N–H and O–H groups in total. The van der Waals surface area contributed by atoms with Crippen molar-refractivity contribution in [2.24, 2.45) is 0 Å². The van der Waals surface area contributed by atoms with Crippen LogP contribution in [-0.2, 0) is 13.2 Å². The minimum Gasteiger partial charge on any atom is -0.493 e. The Bertz CT molecular complexity index is 1810. The van der Waals surface area contributed by atoms with E-state index in [1.807, 2.05) is 66.9 Å². The van der Waals surface area contributed by atoms with Crippen LogP contribution in [0.25, 0.3) is 55.4 Å². The quantitative estimate of drug-likeness (QED) is 0.200. The van der Waals surface area contributed by atoms with Gasteiger partial charge in [0, 0.05) is 22.7 Å². The maximum atomic E-state index is 9.83. The van der Waals surface area contributed by atoms with Crippen LogP contribution in [0.1, 0.15) is 11.1 Å². The van der Waals surface area contributed by atoms with E-state index in [0.29, 0.717) is 22.6 Å². The third-order valence-corrected chi connectivity index (χ3v) is 7.61. The van der Waals surface area contributed by atoms with E-state index in [0.717, 1.165) is 55.4 Å². The Labute approximate surface area is 245 Å². The molecule has 5 aromatic carbocycles. The maximum absolute atomic E-state index is 9.83. The number of ether oxygens (including phenoxy) is 2. The number of aliphatic hydroxyl groups is 2. The number of methoxy groups -OCH3 is 2. The van der Waals surface area contributed by atoms with Gasteiger partial charge >= 0.3 is 0 Å². The van der Waals surface area contributed by atoms with Gasteiger partial charge in [0.25, 0.3) is 0 Å². The summed E-state index contributed by atoms with van der Waals surface area (Å²) < 4.78 is 11.8. The first-order chi connectivity index (χ1) is 20.6. The number of hydrogen-bond acceptors (Lipinski definition) is 5. The van der Waals surface area contributed by atoms with Gasteiger partial charge < -0.3 is 19.7 Å². The lowest BCUT2D eigenvalue weighted by Gasteiger charge is -2.18. The van der Waals surface area contributed by atoms with E-state index in [-0.39, 0.29) is 13.2 Å². The van der Waals surface area contributed by atoms with Gasteiger partial charge in [-0.1, -0.05) is 60.7 Å². The maximum Gasteiger partial charge on any atom is 0.168 e. The number of pyridine rings is 1. The predicted octanol–water partition coefficient (Wildman–Crippen LogP) is 7.90. The summed E-state index contributed by atoms with van der Waals surface area (Å²) >= 11 is 0. The number of benzene rings is 5. The minimum absolute atomic E-state index is 0.151. The first-order valence-electron chi connectivity index (χ1n) is 13.8. The second kappa shape index (κ2) is 11.9. The second-order valence-electron chi connectivity index (χ2n) is 10.1. The van der Waals surface area contributed by atoms with E-state index < -0.39 is 0 Å². The zero-order valence-electron chi connectivity index (χ0n) is 23.5. The summed E-state index contributed by atoms with van der Waals surface area (Å²) in [6.07, 6.45) is 1.82. The Kier molecular flexibility index (Phi) is 7.69. The van der Waals surface area contributed by atoms with Crippen LogP contribution in [0.5, 0.6) is 11.5 Å². The Morgan fingerprint density at radius 2 is 1.12 bits per heavy atom. The number of aromatic nitrogens is 1. The van der Waals surface area contributed by atoms with Crippen molar-refractivity contribution in [2.75, 3.05) is 14.2 Å². The van der Waals surface area contributed by atoms with Crippen molar-refractivity contribution in [2.45, 2.75) is 13.2 Å². The van der Waals surface area contributed by atoms with Crippen molar-refractivity contribution in [1.82, 2.24) is 4.98 Å². The number of aliphatic hydroxyl groups excluding tert-OH is 2. The molecular formula is C37H31NO4. The third kappa shape index (κ3) is 5.23. The average Bonchev–Trinajstić information content (AvgIpc) is 3.07. The Hall–Kier alpha value is -4.97. The van der Waals surface area contributed by atoms with E-state index in [1.54, 1.807) is 14.2 Å². The van der Waals surface area contributed by atoms with Crippen molar-refractivity contribution in [3.05, 3.63) is 127 Å². The summed E-state index contributed by atoms with van der Waals surface area (Å²) in [5.74, 6) is 1.26. The molecule has 208 valence electrons. The molecule has 1 aromatic heterocycles. The van der Waals surface area contributed by atoms with Gasteiger partial charge in [0.1, 0.15) is 0 Å². The third-order valence-electron chi connectivity index (χ3n) is 7.61. The Morgan fingerprint density at radius 1 is 0.548 bits per heavy atom. The fourth-order valence-electron chi connectivity index (χ4n) is 5.44. The molecule has 0 atom stereocenters. The van der Waals surface area contributed by atoms with Crippen LogP contribution in [0.4, 0.5) is 0 Å². The van der Waals surface area contributed by atoms with Crippen molar-refractivity contribution in [3.63, 3.8) is 0 Å². The van der Waals surface area contributed by atoms with Crippen LogP contribution in [0.2, 0.25) is 0 Å². The highest BCUT2D eigenvalue weighted by Crippen LogP contribution is 2.44. The van der Waals surface area contributed by atoms with Crippen LogP contribution >= 0.6 is 0 Å². The number of nitrogens with zero attached hydrogens (tertiary/aromatic N) is 1.